The highest BCUT2D eigenvalue weighted by atomic mass is 19.2. The first-order valence-electron chi connectivity index (χ1n) is 8.04. The molecule has 3 rings (SSSR count). The van der Waals surface area contributed by atoms with Gasteiger partial charge in [-0.15, -0.1) is 0 Å². The second-order valence-electron chi connectivity index (χ2n) is 5.74. The standard InChI is InChI=1S/C19H15F3N4O/c1-11(12-5-3-2-4-6-12)25-16-10-23-15(9-24-16)19(27)26-14-8-7-13(20)17(21)18(14)22/h2-11H,1H3,(H,24,25)(H,26,27). The number of rotatable bonds is 5. The van der Waals surface area contributed by atoms with Crippen LogP contribution in [0.25, 0.3) is 0 Å². The lowest BCUT2D eigenvalue weighted by Gasteiger charge is -2.14. The number of anilines is 2. The number of nitrogens with one attached hydrogen (secondary N) is 2. The van der Waals surface area contributed by atoms with Crippen LogP contribution in [0.15, 0.2) is 54.9 Å². The minimum Gasteiger partial charge on any atom is -0.362 e. The van der Waals surface area contributed by atoms with E-state index in [0.717, 1.165) is 17.7 Å². The Hall–Kier alpha value is -3.42. The number of halogens is 3. The molecule has 0 saturated carbocycles. The molecule has 1 atom stereocenters. The van der Waals surface area contributed by atoms with Gasteiger partial charge in [-0.2, -0.15) is 0 Å². The van der Waals surface area contributed by atoms with E-state index in [0.29, 0.717) is 5.82 Å². The van der Waals surface area contributed by atoms with Gasteiger partial charge in [-0.25, -0.2) is 23.1 Å². The fraction of sp³-hybridized carbons (Fsp3) is 0.105. The van der Waals surface area contributed by atoms with Gasteiger partial charge >= 0.3 is 0 Å². The highest BCUT2D eigenvalue weighted by molar-refractivity contribution is 6.02. The minimum absolute atomic E-state index is 0.0311. The van der Waals surface area contributed by atoms with E-state index in [1.807, 2.05) is 37.3 Å². The SMILES string of the molecule is CC(Nc1cnc(C(=O)Nc2ccc(F)c(F)c2F)cn1)c1ccccc1. The monoisotopic (exact) mass is 372 g/mol. The molecule has 1 heterocycles. The van der Waals surface area contributed by atoms with E-state index < -0.39 is 29.0 Å². The van der Waals surface area contributed by atoms with Gasteiger partial charge in [0.2, 0.25) is 0 Å². The van der Waals surface area contributed by atoms with E-state index in [2.05, 4.69) is 20.6 Å². The Morgan fingerprint density at radius 2 is 1.70 bits per heavy atom. The maximum absolute atomic E-state index is 13.6. The van der Waals surface area contributed by atoms with Gasteiger partial charge in [0.25, 0.3) is 5.91 Å². The molecule has 1 unspecified atom stereocenters. The van der Waals surface area contributed by atoms with Gasteiger partial charge in [-0.3, -0.25) is 4.79 Å². The van der Waals surface area contributed by atoms with Gasteiger partial charge in [0.1, 0.15) is 11.5 Å². The van der Waals surface area contributed by atoms with Gasteiger partial charge in [-0.1, -0.05) is 30.3 Å². The number of carbonyl (C=O) groups excluding carboxylic acids is 1. The quantitative estimate of drug-likeness (QED) is 0.655. The topological polar surface area (TPSA) is 66.9 Å². The third kappa shape index (κ3) is 4.22. The first-order chi connectivity index (χ1) is 13.0. The first-order valence-corrected chi connectivity index (χ1v) is 8.04. The molecule has 0 spiro atoms. The van der Waals surface area contributed by atoms with Crippen molar-refractivity contribution in [1.29, 1.82) is 0 Å². The van der Waals surface area contributed by atoms with Crippen molar-refractivity contribution in [3.63, 3.8) is 0 Å². The molecule has 5 nitrogen and oxygen atoms in total. The fourth-order valence-corrected chi connectivity index (χ4v) is 2.38. The van der Waals surface area contributed by atoms with Gasteiger partial charge in [0.15, 0.2) is 17.5 Å². The molecule has 1 amide bonds. The molecule has 8 heteroatoms. The molecule has 2 N–H and O–H groups in total. The number of nitrogens with zero attached hydrogens (tertiary/aromatic N) is 2. The molecular weight excluding hydrogens is 357 g/mol. The van der Waals surface area contributed by atoms with Crippen LogP contribution in [0, 0.1) is 17.5 Å². The number of hydrogen-bond donors (Lipinski definition) is 2. The van der Waals surface area contributed by atoms with Crippen LogP contribution in [0.3, 0.4) is 0 Å². The van der Waals surface area contributed by atoms with Gasteiger partial charge in [0, 0.05) is 6.04 Å². The number of carbonyl (C=O) groups is 1. The zero-order valence-electron chi connectivity index (χ0n) is 14.2. The summed E-state index contributed by atoms with van der Waals surface area (Å²) in [5.41, 5.74) is 0.465. The third-order valence-electron chi connectivity index (χ3n) is 3.83. The number of hydrogen-bond acceptors (Lipinski definition) is 4. The van der Waals surface area contributed by atoms with Crippen molar-refractivity contribution in [1.82, 2.24) is 9.97 Å². The molecule has 138 valence electrons. The molecular formula is C19H15F3N4O. The Morgan fingerprint density at radius 1 is 0.963 bits per heavy atom. The lowest BCUT2D eigenvalue weighted by molar-refractivity contribution is 0.102. The molecule has 3 aromatic rings. The van der Waals surface area contributed by atoms with Crippen LogP contribution in [0.5, 0.6) is 0 Å². The van der Waals surface area contributed by atoms with Crippen LogP contribution in [-0.4, -0.2) is 15.9 Å². The van der Waals surface area contributed by atoms with Crippen molar-refractivity contribution in [2.75, 3.05) is 10.6 Å². The van der Waals surface area contributed by atoms with Crippen molar-refractivity contribution in [3.8, 4) is 0 Å². The molecule has 0 aliphatic carbocycles. The number of amides is 1. The smallest absolute Gasteiger partial charge is 0.275 e. The summed E-state index contributed by atoms with van der Waals surface area (Å²) < 4.78 is 39.8. The van der Waals surface area contributed by atoms with Crippen LogP contribution in [0.1, 0.15) is 29.0 Å². The van der Waals surface area contributed by atoms with E-state index in [1.54, 1.807) is 0 Å². The van der Waals surface area contributed by atoms with Crippen LogP contribution >= 0.6 is 0 Å². The summed E-state index contributed by atoms with van der Waals surface area (Å²) >= 11 is 0. The van der Waals surface area contributed by atoms with E-state index in [1.165, 1.54) is 12.4 Å². The van der Waals surface area contributed by atoms with Crippen molar-refractivity contribution in [2.24, 2.45) is 0 Å². The Morgan fingerprint density at radius 3 is 2.37 bits per heavy atom. The van der Waals surface area contributed by atoms with Crippen LogP contribution in [-0.2, 0) is 0 Å². The minimum atomic E-state index is -1.66. The Labute approximate surface area is 153 Å². The Kier molecular flexibility index (Phi) is 5.35. The van der Waals surface area contributed by atoms with E-state index in [4.69, 9.17) is 0 Å². The first kappa shape index (κ1) is 18.4. The second kappa shape index (κ2) is 7.86. The van der Waals surface area contributed by atoms with Crippen molar-refractivity contribution in [3.05, 3.63) is 83.6 Å². The maximum Gasteiger partial charge on any atom is 0.275 e. The van der Waals surface area contributed by atoms with E-state index in [-0.39, 0.29) is 11.7 Å². The molecule has 0 fully saturated rings. The van der Waals surface area contributed by atoms with Crippen molar-refractivity contribution < 1.29 is 18.0 Å². The number of aromatic nitrogens is 2. The molecule has 1 aromatic heterocycles. The summed E-state index contributed by atoms with van der Waals surface area (Å²) in [6, 6.07) is 11.3. The van der Waals surface area contributed by atoms with Crippen LogP contribution < -0.4 is 10.6 Å². The summed E-state index contributed by atoms with van der Waals surface area (Å²) in [7, 11) is 0. The zero-order chi connectivity index (χ0) is 19.4. The maximum atomic E-state index is 13.6. The molecule has 0 aliphatic heterocycles. The van der Waals surface area contributed by atoms with Crippen molar-refractivity contribution >= 4 is 17.4 Å². The summed E-state index contributed by atoms with van der Waals surface area (Å²) in [6.07, 6.45) is 2.56. The lowest BCUT2D eigenvalue weighted by Crippen LogP contribution is -2.16. The predicted octanol–water partition coefficient (Wildman–Crippen LogP) is 4.32. The Balaban J connectivity index is 1.68. The summed E-state index contributed by atoms with van der Waals surface area (Å²) in [4.78, 5) is 20.2. The Bertz CT molecular complexity index is 949. The number of benzene rings is 2. The van der Waals surface area contributed by atoms with Crippen molar-refractivity contribution in [2.45, 2.75) is 13.0 Å². The fourth-order valence-electron chi connectivity index (χ4n) is 2.38. The second-order valence-corrected chi connectivity index (χ2v) is 5.74. The van der Waals surface area contributed by atoms with E-state index in [9.17, 15) is 18.0 Å². The molecule has 27 heavy (non-hydrogen) atoms. The van der Waals surface area contributed by atoms with Crippen LogP contribution in [0.2, 0.25) is 0 Å². The molecule has 0 aliphatic rings. The highest BCUT2D eigenvalue weighted by Gasteiger charge is 2.17. The highest BCUT2D eigenvalue weighted by Crippen LogP contribution is 2.20. The van der Waals surface area contributed by atoms with Gasteiger partial charge in [0.05, 0.1) is 18.1 Å². The normalized spacial score (nSPS) is 11.7. The largest absolute Gasteiger partial charge is 0.362 e. The van der Waals surface area contributed by atoms with Gasteiger partial charge < -0.3 is 10.6 Å². The molecule has 2 aromatic carbocycles. The average molecular weight is 372 g/mol. The molecule has 0 bridgehead atoms. The summed E-state index contributed by atoms with van der Waals surface area (Å²) in [5.74, 6) is -4.83. The average Bonchev–Trinajstić information content (AvgIpc) is 2.69. The lowest BCUT2D eigenvalue weighted by atomic mass is 10.1. The summed E-state index contributed by atoms with van der Waals surface area (Å²) in [5, 5.41) is 5.28. The third-order valence-corrected chi connectivity index (χ3v) is 3.83. The molecule has 0 radical (unpaired) electrons. The predicted molar refractivity (Wildman–Crippen MR) is 94.8 cm³/mol. The molecule has 0 saturated heterocycles. The summed E-state index contributed by atoms with van der Waals surface area (Å²) in [6.45, 7) is 1.95. The van der Waals surface area contributed by atoms with E-state index >= 15 is 0 Å². The van der Waals surface area contributed by atoms with Gasteiger partial charge in [-0.05, 0) is 24.6 Å². The van der Waals surface area contributed by atoms with Crippen LogP contribution in [0.4, 0.5) is 24.7 Å². The zero-order valence-corrected chi connectivity index (χ0v) is 14.2.